The minimum atomic E-state index is -4.60. The fraction of sp³-hybridized carbons (Fsp3) is 0.417. The molecule has 2 rings (SSSR count). The van der Waals surface area contributed by atoms with Crippen LogP contribution in [-0.2, 0) is 15.0 Å². The third kappa shape index (κ3) is 3.42. The summed E-state index contributed by atoms with van der Waals surface area (Å²) in [6.45, 7) is 1.88. The lowest BCUT2D eigenvalue weighted by Crippen LogP contribution is -2.26. The minimum absolute atomic E-state index is 0.0124. The second-order valence-corrected chi connectivity index (χ2v) is 7.09. The molecule has 1 amide bonds. The van der Waals surface area contributed by atoms with Crippen LogP contribution < -0.4 is 4.90 Å². The third-order valence-electron chi connectivity index (χ3n) is 3.13. The first-order valence-corrected chi connectivity index (χ1v) is 8.16. The van der Waals surface area contributed by atoms with Crippen molar-refractivity contribution in [3.63, 3.8) is 0 Å². The van der Waals surface area contributed by atoms with Gasteiger partial charge in [-0.3, -0.25) is 4.79 Å². The van der Waals surface area contributed by atoms with E-state index in [0.717, 1.165) is 0 Å². The van der Waals surface area contributed by atoms with Crippen LogP contribution in [0.4, 0.5) is 9.57 Å². The smallest absolute Gasteiger partial charge is 0.302 e. The average Bonchev–Trinajstić information content (AvgIpc) is 2.55. The fourth-order valence-corrected chi connectivity index (χ4v) is 3.91. The van der Waals surface area contributed by atoms with E-state index >= 15 is 0 Å². The van der Waals surface area contributed by atoms with E-state index in [2.05, 4.69) is 0 Å². The Hall–Kier alpha value is -0.850. The number of hydrogen-bond acceptors (Lipinski definition) is 3. The van der Waals surface area contributed by atoms with Crippen molar-refractivity contribution < 1.29 is 17.1 Å². The van der Waals surface area contributed by atoms with Gasteiger partial charge >= 0.3 is 10.2 Å². The molecule has 0 N–H and O–H groups in total. The summed E-state index contributed by atoms with van der Waals surface area (Å²) in [4.78, 5) is 13.4. The topological polar surface area (TPSA) is 54.5 Å². The van der Waals surface area contributed by atoms with Gasteiger partial charge in [-0.15, -0.1) is 3.89 Å². The molecule has 1 unspecified atom stereocenters. The highest BCUT2D eigenvalue weighted by Gasteiger charge is 2.35. The zero-order valence-electron chi connectivity index (χ0n) is 10.6. The molecule has 1 aromatic carbocycles. The first-order chi connectivity index (χ1) is 9.17. The van der Waals surface area contributed by atoms with Crippen LogP contribution in [0.1, 0.15) is 12.0 Å². The third-order valence-corrected chi connectivity index (χ3v) is 4.50. The molecule has 1 fully saturated rings. The van der Waals surface area contributed by atoms with E-state index in [1.165, 1.54) is 11.0 Å². The lowest BCUT2D eigenvalue weighted by molar-refractivity contribution is -0.117. The van der Waals surface area contributed by atoms with Gasteiger partial charge in [0, 0.05) is 23.9 Å². The molecule has 0 spiro atoms. The van der Waals surface area contributed by atoms with E-state index in [-0.39, 0.29) is 18.9 Å². The monoisotopic (exact) mass is 339 g/mol. The highest BCUT2D eigenvalue weighted by Crippen LogP contribution is 2.36. The van der Waals surface area contributed by atoms with Crippen LogP contribution in [-0.4, -0.2) is 26.6 Å². The minimum Gasteiger partial charge on any atom is -0.310 e. The Labute approximate surface area is 126 Å². The van der Waals surface area contributed by atoms with Gasteiger partial charge in [0.1, 0.15) is 0 Å². The number of carbonyl (C=O) groups excluding carboxylic acids is 1. The molecule has 0 radical (unpaired) electrons. The summed E-state index contributed by atoms with van der Waals surface area (Å²) in [5.74, 6) is -1.49. The summed E-state index contributed by atoms with van der Waals surface area (Å²) < 4.78 is 34.1. The molecule has 4 nitrogen and oxygen atoms in total. The van der Waals surface area contributed by atoms with Crippen molar-refractivity contribution in [1.82, 2.24) is 0 Å². The number of anilines is 1. The predicted octanol–water partition coefficient (Wildman–Crippen LogP) is 2.95. The maximum absolute atomic E-state index is 12.7. The Bertz CT molecular complexity index is 640. The van der Waals surface area contributed by atoms with Crippen molar-refractivity contribution >= 4 is 45.0 Å². The second-order valence-electron chi connectivity index (χ2n) is 4.83. The van der Waals surface area contributed by atoms with Crippen molar-refractivity contribution in [2.45, 2.75) is 13.3 Å². The normalized spacial score (nSPS) is 19.7. The number of nitrogens with zero attached hydrogens (tertiary/aromatic N) is 1. The summed E-state index contributed by atoms with van der Waals surface area (Å²) in [6, 6.07) is 3.17. The van der Waals surface area contributed by atoms with Crippen LogP contribution in [0.3, 0.4) is 0 Å². The van der Waals surface area contributed by atoms with Crippen molar-refractivity contribution in [3.05, 3.63) is 27.7 Å². The van der Waals surface area contributed by atoms with Crippen LogP contribution in [0.15, 0.2) is 12.1 Å². The number of rotatable bonds is 3. The van der Waals surface area contributed by atoms with Gasteiger partial charge in [-0.05, 0) is 24.6 Å². The average molecular weight is 340 g/mol. The van der Waals surface area contributed by atoms with Gasteiger partial charge in [0.25, 0.3) is 0 Å². The van der Waals surface area contributed by atoms with Gasteiger partial charge in [-0.1, -0.05) is 23.2 Å². The van der Waals surface area contributed by atoms with Crippen LogP contribution >= 0.6 is 23.2 Å². The van der Waals surface area contributed by atoms with Gasteiger partial charge in [0.2, 0.25) is 5.91 Å². The summed E-state index contributed by atoms with van der Waals surface area (Å²) in [7, 11) is -4.60. The van der Waals surface area contributed by atoms with Crippen LogP contribution in [0.5, 0.6) is 0 Å². The number of hydrogen-bond donors (Lipinski definition) is 0. The number of benzene rings is 1. The molecule has 0 bridgehead atoms. The van der Waals surface area contributed by atoms with Crippen molar-refractivity contribution in [1.29, 1.82) is 0 Å². The molecule has 1 heterocycles. The van der Waals surface area contributed by atoms with E-state index in [9.17, 15) is 17.1 Å². The lowest BCUT2D eigenvalue weighted by atomic mass is 10.1. The number of carbonyl (C=O) groups is 1. The van der Waals surface area contributed by atoms with Crippen molar-refractivity contribution in [3.8, 4) is 0 Å². The maximum Gasteiger partial charge on any atom is 0.302 e. The highest BCUT2D eigenvalue weighted by atomic mass is 35.5. The fourth-order valence-electron chi connectivity index (χ4n) is 2.43. The van der Waals surface area contributed by atoms with Gasteiger partial charge in [-0.25, -0.2) is 0 Å². The zero-order chi connectivity index (χ0) is 15.1. The van der Waals surface area contributed by atoms with Gasteiger partial charge in [0.05, 0.1) is 16.5 Å². The highest BCUT2D eigenvalue weighted by molar-refractivity contribution is 7.86. The molecule has 1 aliphatic rings. The Morgan fingerprint density at radius 3 is 2.60 bits per heavy atom. The van der Waals surface area contributed by atoms with Crippen LogP contribution in [0.25, 0.3) is 0 Å². The van der Waals surface area contributed by atoms with Crippen LogP contribution in [0, 0.1) is 12.8 Å². The summed E-state index contributed by atoms with van der Waals surface area (Å²) in [5, 5.41) is 0.762. The van der Waals surface area contributed by atoms with E-state index < -0.39 is 21.9 Å². The molecule has 110 valence electrons. The standard InChI is InChI=1S/C12H12Cl2FNO3S/c1-7-2-9(13)4-10(14)12(7)16-5-8(3-11(16)17)6-20(15,18)19/h2,4,8H,3,5-6H2,1H3. The molecular weight excluding hydrogens is 328 g/mol. The molecule has 1 aliphatic heterocycles. The number of halogens is 3. The van der Waals surface area contributed by atoms with Gasteiger partial charge in [0.15, 0.2) is 0 Å². The van der Waals surface area contributed by atoms with E-state index in [4.69, 9.17) is 23.2 Å². The lowest BCUT2D eigenvalue weighted by Gasteiger charge is -2.20. The molecule has 20 heavy (non-hydrogen) atoms. The van der Waals surface area contributed by atoms with Crippen molar-refractivity contribution in [2.75, 3.05) is 17.2 Å². The Kier molecular flexibility index (Phi) is 4.27. The van der Waals surface area contributed by atoms with Gasteiger partial charge < -0.3 is 4.90 Å². The molecule has 8 heteroatoms. The van der Waals surface area contributed by atoms with E-state index in [1.54, 1.807) is 13.0 Å². The van der Waals surface area contributed by atoms with E-state index in [1.807, 2.05) is 0 Å². The largest absolute Gasteiger partial charge is 0.310 e. The first kappa shape index (κ1) is 15.5. The Balaban J connectivity index is 2.29. The maximum atomic E-state index is 12.7. The Morgan fingerprint density at radius 2 is 2.05 bits per heavy atom. The second kappa shape index (κ2) is 5.50. The molecular formula is C12H12Cl2FNO3S. The molecule has 0 aromatic heterocycles. The van der Waals surface area contributed by atoms with Crippen molar-refractivity contribution in [2.24, 2.45) is 5.92 Å². The molecule has 1 saturated heterocycles. The predicted molar refractivity (Wildman–Crippen MR) is 76.6 cm³/mol. The number of aryl methyl sites for hydroxylation is 1. The molecule has 1 atom stereocenters. The molecule has 0 saturated carbocycles. The Morgan fingerprint density at radius 1 is 1.40 bits per heavy atom. The number of amides is 1. The molecule has 0 aliphatic carbocycles. The first-order valence-electron chi connectivity index (χ1n) is 5.85. The SMILES string of the molecule is Cc1cc(Cl)cc(Cl)c1N1CC(CS(=O)(=O)F)CC1=O. The zero-order valence-corrected chi connectivity index (χ0v) is 12.9. The summed E-state index contributed by atoms with van der Waals surface area (Å²) in [6.07, 6.45) is -0.0124. The summed E-state index contributed by atoms with van der Waals surface area (Å²) in [5.41, 5.74) is 1.21. The van der Waals surface area contributed by atoms with Gasteiger partial charge in [-0.2, -0.15) is 8.42 Å². The quantitative estimate of drug-likeness (QED) is 0.795. The van der Waals surface area contributed by atoms with Crippen LogP contribution in [0.2, 0.25) is 10.0 Å². The van der Waals surface area contributed by atoms with E-state index in [0.29, 0.717) is 21.3 Å². The molecule has 1 aromatic rings. The summed E-state index contributed by atoms with van der Waals surface area (Å²) >= 11 is 12.0.